The van der Waals surface area contributed by atoms with Crippen molar-refractivity contribution in [3.8, 4) is 0 Å². The highest BCUT2D eigenvalue weighted by atomic mass is 32.2. The first-order valence-corrected chi connectivity index (χ1v) is 10.6. The third kappa shape index (κ3) is 10.7. The summed E-state index contributed by atoms with van der Waals surface area (Å²) in [5.74, 6) is 1.80. The fourth-order valence-corrected chi connectivity index (χ4v) is 2.55. The van der Waals surface area contributed by atoms with Gasteiger partial charge < -0.3 is 20.3 Å². The van der Waals surface area contributed by atoms with E-state index in [9.17, 15) is 4.79 Å². The number of aliphatic imine (C=N–C) groups is 1. The second-order valence-electron chi connectivity index (χ2n) is 7.04. The maximum atomic E-state index is 12.5. The van der Waals surface area contributed by atoms with Gasteiger partial charge in [-0.2, -0.15) is 11.8 Å². The van der Waals surface area contributed by atoms with E-state index in [2.05, 4.69) is 26.9 Å². The third-order valence-corrected chi connectivity index (χ3v) is 4.08. The Bertz CT molecular complexity index is 575. The summed E-state index contributed by atoms with van der Waals surface area (Å²) in [4.78, 5) is 22.6. The standard InChI is InChI=1S/C19H33N5O2S/c1-19(2,3)26-18(25)24(15-16-8-6-9-21-14-16)12-7-10-22-17(20-4)23-11-13-27-5/h6,8-9,14H,7,10-13,15H2,1-5H3,(H2,20,22,23). The molecule has 0 saturated carbocycles. The Balaban J connectivity index is 2.54. The number of aromatic nitrogens is 1. The number of guanidine groups is 1. The molecule has 2 N–H and O–H groups in total. The average molecular weight is 396 g/mol. The van der Waals surface area contributed by atoms with Gasteiger partial charge in [0.2, 0.25) is 0 Å². The summed E-state index contributed by atoms with van der Waals surface area (Å²) >= 11 is 1.79. The molecule has 0 atom stereocenters. The molecule has 1 rings (SSSR count). The zero-order valence-electron chi connectivity index (χ0n) is 17.1. The number of hydrogen-bond donors (Lipinski definition) is 2. The SMILES string of the molecule is CN=C(NCCCN(Cc1cccnc1)C(=O)OC(C)(C)C)NCCSC. The van der Waals surface area contributed by atoms with Gasteiger partial charge in [0.1, 0.15) is 5.60 Å². The van der Waals surface area contributed by atoms with E-state index >= 15 is 0 Å². The maximum absolute atomic E-state index is 12.5. The number of amides is 1. The smallest absolute Gasteiger partial charge is 0.410 e. The minimum absolute atomic E-state index is 0.311. The highest BCUT2D eigenvalue weighted by Crippen LogP contribution is 2.12. The van der Waals surface area contributed by atoms with Crippen LogP contribution in [0.4, 0.5) is 4.79 Å². The molecular weight excluding hydrogens is 362 g/mol. The Labute approximate surface area is 167 Å². The van der Waals surface area contributed by atoms with Crippen LogP contribution in [0, 0.1) is 0 Å². The Morgan fingerprint density at radius 1 is 1.33 bits per heavy atom. The Hall–Kier alpha value is -1.96. The van der Waals surface area contributed by atoms with Crippen LogP contribution >= 0.6 is 11.8 Å². The molecule has 8 heteroatoms. The lowest BCUT2D eigenvalue weighted by molar-refractivity contribution is 0.0232. The van der Waals surface area contributed by atoms with Crippen LogP contribution in [0.25, 0.3) is 0 Å². The summed E-state index contributed by atoms with van der Waals surface area (Å²) in [7, 11) is 1.75. The van der Waals surface area contributed by atoms with Crippen LogP contribution < -0.4 is 10.6 Å². The van der Waals surface area contributed by atoms with Gasteiger partial charge in [-0.1, -0.05) is 6.07 Å². The van der Waals surface area contributed by atoms with Crippen molar-refractivity contribution in [3.63, 3.8) is 0 Å². The number of nitrogens with one attached hydrogen (secondary N) is 2. The monoisotopic (exact) mass is 395 g/mol. The van der Waals surface area contributed by atoms with Gasteiger partial charge in [-0.3, -0.25) is 9.98 Å². The molecule has 152 valence electrons. The first-order valence-electron chi connectivity index (χ1n) is 9.16. The minimum Gasteiger partial charge on any atom is -0.444 e. The number of pyridine rings is 1. The first kappa shape index (κ1) is 23.1. The molecule has 27 heavy (non-hydrogen) atoms. The van der Waals surface area contributed by atoms with Crippen LogP contribution in [0.15, 0.2) is 29.5 Å². The Kier molecular flexibility index (Phi) is 10.6. The number of ether oxygens (including phenoxy) is 1. The average Bonchev–Trinajstić information content (AvgIpc) is 2.62. The molecule has 1 amide bonds. The van der Waals surface area contributed by atoms with E-state index in [0.717, 1.165) is 30.2 Å². The van der Waals surface area contributed by atoms with Crippen LogP contribution in [0.2, 0.25) is 0 Å². The van der Waals surface area contributed by atoms with Gasteiger partial charge in [0.25, 0.3) is 0 Å². The van der Waals surface area contributed by atoms with Crippen molar-refractivity contribution in [1.29, 1.82) is 0 Å². The van der Waals surface area contributed by atoms with Gasteiger partial charge in [0.05, 0.1) is 6.54 Å². The number of nitrogens with zero attached hydrogens (tertiary/aromatic N) is 3. The van der Waals surface area contributed by atoms with Gasteiger partial charge in [0, 0.05) is 44.8 Å². The van der Waals surface area contributed by atoms with Crippen molar-refractivity contribution in [2.75, 3.05) is 38.7 Å². The summed E-state index contributed by atoms with van der Waals surface area (Å²) in [6.45, 7) is 8.26. The molecule has 0 aliphatic heterocycles. The van der Waals surface area contributed by atoms with Crippen molar-refractivity contribution < 1.29 is 9.53 Å². The zero-order chi connectivity index (χ0) is 20.1. The summed E-state index contributed by atoms with van der Waals surface area (Å²) in [5, 5.41) is 6.53. The quantitative estimate of drug-likeness (QED) is 0.380. The van der Waals surface area contributed by atoms with Crippen molar-refractivity contribution in [1.82, 2.24) is 20.5 Å². The van der Waals surface area contributed by atoms with E-state index in [4.69, 9.17) is 4.74 Å². The van der Waals surface area contributed by atoms with Gasteiger partial charge in [-0.25, -0.2) is 4.79 Å². The normalized spacial score (nSPS) is 11.8. The lowest BCUT2D eigenvalue weighted by Gasteiger charge is -2.27. The van der Waals surface area contributed by atoms with Crippen LogP contribution in [-0.2, 0) is 11.3 Å². The predicted octanol–water partition coefficient (Wildman–Crippen LogP) is 2.74. The highest BCUT2D eigenvalue weighted by molar-refractivity contribution is 7.98. The number of thioether (sulfide) groups is 1. The van der Waals surface area contributed by atoms with E-state index in [0.29, 0.717) is 19.6 Å². The van der Waals surface area contributed by atoms with E-state index in [1.165, 1.54) is 0 Å². The number of rotatable bonds is 9. The number of carbonyl (C=O) groups excluding carboxylic acids is 1. The van der Waals surface area contributed by atoms with E-state index in [-0.39, 0.29) is 6.09 Å². The molecule has 1 aromatic heterocycles. The Morgan fingerprint density at radius 3 is 2.67 bits per heavy atom. The van der Waals surface area contributed by atoms with Crippen molar-refractivity contribution in [2.24, 2.45) is 4.99 Å². The summed E-state index contributed by atoms with van der Waals surface area (Å²) in [6, 6.07) is 3.83. The number of carbonyl (C=O) groups is 1. The second-order valence-corrected chi connectivity index (χ2v) is 8.02. The van der Waals surface area contributed by atoms with Crippen LogP contribution in [0.3, 0.4) is 0 Å². The molecule has 1 aromatic rings. The van der Waals surface area contributed by atoms with Gasteiger partial charge in [-0.05, 0) is 45.1 Å². The second kappa shape index (κ2) is 12.4. The zero-order valence-corrected chi connectivity index (χ0v) is 17.9. The van der Waals surface area contributed by atoms with E-state index < -0.39 is 5.60 Å². The predicted molar refractivity (Wildman–Crippen MR) is 113 cm³/mol. The lowest BCUT2D eigenvalue weighted by Crippen LogP contribution is -2.41. The van der Waals surface area contributed by atoms with E-state index in [1.54, 1.807) is 36.1 Å². The summed E-state index contributed by atoms with van der Waals surface area (Å²) < 4.78 is 5.54. The summed E-state index contributed by atoms with van der Waals surface area (Å²) in [6.07, 6.45) is 6.04. The van der Waals surface area contributed by atoms with Crippen LogP contribution in [0.1, 0.15) is 32.8 Å². The molecule has 0 unspecified atom stereocenters. The van der Waals surface area contributed by atoms with E-state index in [1.807, 2.05) is 32.9 Å². The molecule has 0 aliphatic rings. The topological polar surface area (TPSA) is 78.9 Å². The Morgan fingerprint density at radius 2 is 2.07 bits per heavy atom. The molecule has 1 heterocycles. The fraction of sp³-hybridized carbons (Fsp3) is 0.632. The number of hydrogen-bond acceptors (Lipinski definition) is 5. The molecule has 0 spiro atoms. The van der Waals surface area contributed by atoms with Gasteiger partial charge >= 0.3 is 6.09 Å². The molecule has 0 fully saturated rings. The first-order chi connectivity index (χ1) is 12.9. The van der Waals surface area contributed by atoms with Crippen LogP contribution in [-0.4, -0.2) is 66.2 Å². The molecule has 0 aromatic carbocycles. The largest absolute Gasteiger partial charge is 0.444 e. The van der Waals surface area contributed by atoms with Crippen molar-refractivity contribution in [2.45, 2.75) is 39.3 Å². The van der Waals surface area contributed by atoms with Crippen molar-refractivity contribution in [3.05, 3.63) is 30.1 Å². The lowest BCUT2D eigenvalue weighted by atomic mass is 10.2. The third-order valence-electron chi connectivity index (χ3n) is 3.47. The van der Waals surface area contributed by atoms with Gasteiger partial charge in [0.15, 0.2) is 5.96 Å². The van der Waals surface area contributed by atoms with Crippen LogP contribution in [0.5, 0.6) is 0 Å². The van der Waals surface area contributed by atoms with Gasteiger partial charge in [-0.15, -0.1) is 0 Å². The van der Waals surface area contributed by atoms with Crippen molar-refractivity contribution >= 4 is 23.8 Å². The molecular formula is C19H33N5O2S. The summed E-state index contributed by atoms with van der Waals surface area (Å²) in [5.41, 5.74) is 0.456. The maximum Gasteiger partial charge on any atom is 0.410 e. The molecule has 7 nitrogen and oxygen atoms in total. The fourth-order valence-electron chi connectivity index (χ4n) is 2.24. The molecule has 0 saturated heterocycles. The minimum atomic E-state index is -0.522. The molecule has 0 radical (unpaired) electrons. The highest BCUT2D eigenvalue weighted by Gasteiger charge is 2.22. The molecule has 0 bridgehead atoms. The molecule has 0 aliphatic carbocycles.